The van der Waals surface area contributed by atoms with Crippen LogP contribution in [0.5, 0.6) is 0 Å². The number of esters is 1. The molecule has 144 valence electrons. The number of hydrogen-bond acceptors (Lipinski definition) is 6. The molecule has 2 aliphatic rings. The van der Waals surface area contributed by atoms with Crippen molar-refractivity contribution in [3.8, 4) is 6.07 Å². The van der Waals surface area contributed by atoms with E-state index in [1.807, 2.05) is 70.8 Å². The van der Waals surface area contributed by atoms with Crippen LogP contribution in [0.2, 0.25) is 0 Å². The summed E-state index contributed by atoms with van der Waals surface area (Å²) in [4.78, 5) is 11.9. The fraction of sp³-hybridized carbons (Fsp3) is 0.300. The number of nitriles is 1. The molecule has 7 heteroatoms. The molecule has 0 unspecified atom stereocenters. The van der Waals surface area contributed by atoms with E-state index >= 15 is 0 Å². The summed E-state index contributed by atoms with van der Waals surface area (Å²) in [6.07, 6.45) is 19.6. The van der Waals surface area contributed by atoms with Gasteiger partial charge in [-0.1, -0.05) is 0 Å². The molecule has 5 nitrogen and oxygen atoms in total. The molecule has 0 saturated heterocycles. The molecule has 0 aromatic rings. The molecule has 0 aromatic carbocycles. The van der Waals surface area contributed by atoms with Crippen LogP contribution >= 0.6 is 11.8 Å². The molecule has 0 aromatic heterocycles. The van der Waals surface area contributed by atoms with Gasteiger partial charge in [0.05, 0.1) is 11.6 Å². The van der Waals surface area contributed by atoms with E-state index in [1.165, 1.54) is 11.8 Å². The van der Waals surface area contributed by atoms with Crippen LogP contribution in [-0.2, 0) is 31.3 Å². The Balaban J connectivity index is 0.000000969. The van der Waals surface area contributed by atoms with E-state index in [0.717, 1.165) is 5.92 Å². The number of carbonyl (C=O) groups is 1. The Hall–Kier alpha value is -0.671. The molecule has 0 amide bonds. The van der Waals surface area contributed by atoms with Gasteiger partial charge in [-0.2, -0.15) is 5.26 Å². The number of nitrogens with zero attached hydrogens (tertiary/aromatic N) is 1. The molecule has 0 bridgehead atoms. The molecular weight excluding hydrogens is 404 g/mol. The largest absolute Gasteiger partial charge is 2.00 e. The summed E-state index contributed by atoms with van der Waals surface area (Å²) in [7, 11) is 0. The van der Waals surface area contributed by atoms with Gasteiger partial charge in [-0.3, -0.25) is 0 Å². The molecule has 2 aliphatic carbocycles. The second-order valence-corrected chi connectivity index (χ2v) is 5.78. The minimum Gasteiger partial charge on any atom is -0.459 e. The van der Waals surface area contributed by atoms with Crippen LogP contribution in [0.1, 0.15) is 6.92 Å². The Kier molecular flexibility index (Phi) is 17.0. The van der Waals surface area contributed by atoms with Crippen LogP contribution < -0.4 is 5.32 Å². The van der Waals surface area contributed by atoms with E-state index in [9.17, 15) is 4.79 Å². The zero-order valence-corrected chi connectivity index (χ0v) is 17.4. The predicted octanol–water partition coefficient (Wildman–Crippen LogP) is 2.68. The van der Waals surface area contributed by atoms with Gasteiger partial charge in [0.25, 0.3) is 0 Å². The van der Waals surface area contributed by atoms with Crippen LogP contribution in [0.3, 0.4) is 0 Å². The van der Waals surface area contributed by atoms with Crippen LogP contribution in [0.4, 0.5) is 0 Å². The maximum absolute atomic E-state index is 11.9. The molecule has 2 saturated carbocycles. The van der Waals surface area contributed by atoms with Crippen LogP contribution in [0.15, 0.2) is 10.6 Å². The third-order valence-corrected chi connectivity index (χ3v) is 3.91. The maximum Gasteiger partial charge on any atom is 2.00 e. The normalized spacial score (nSPS) is 17.1. The van der Waals surface area contributed by atoms with Crippen molar-refractivity contribution in [1.82, 2.24) is 5.32 Å². The standard InChI is InChI=1S/C15H19N2O3S.C5H5.Fe/c1-3-19-8-9-20-15(18)13(10-16)14(21-2)17-11-12-6-4-5-7-12;1-2-4-5-3-1;/h4-7,17H,3,8-9,11H2,1-2H3;1-5H;/q;;+2/b14-13+;;. The molecule has 10 radical (unpaired) electrons. The summed E-state index contributed by atoms with van der Waals surface area (Å²) in [6.45, 7) is 3.46. The van der Waals surface area contributed by atoms with E-state index in [1.54, 1.807) is 6.26 Å². The summed E-state index contributed by atoms with van der Waals surface area (Å²) >= 11 is 1.31. The molecule has 1 N–H and O–H groups in total. The van der Waals surface area contributed by atoms with Gasteiger partial charge < -0.3 is 14.8 Å². The number of nitrogens with one attached hydrogen (secondary N) is 1. The Labute approximate surface area is 179 Å². The van der Waals surface area contributed by atoms with E-state index in [0.29, 0.717) is 24.8 Å². The summed E-state index contributed by atoms with van der Waals surface area (Å²) in [5.41, 5.74) is -0.00875. The molecular formula is C20H24FeN2O3S+2. The van der Waals surface area contributed by atoms with Crippen molar-refractivity contribution >= 4 is 17.7 Å². The van der Waals surface area contributed by atoms with Crippen molar-refractivity contribution in [2.24, 2.45) is 0 Å². The Morgan fingerprint density at radius 2 is 1.70 bits per heavy atom. The molecule has 2 fully saturated rings. The van der Waals surface area contributed by atoms with Crippen molar-refractivity contribution in [1.29, 1.82) is 5.26 Å². The summed E-state index contributed by atoms with van der Waals surface area (Å²) < 4.78 is 10.1. The minimum atomic E-state index is -0.628. The summed E-state index contributed by atoms with van der Waals surface area (Å²) in [5.74, 6) is 0.458. The number of rotatable bonds is 9. The SMILES string of the molecule is CCOCCOC(=O)/C(C#N)=C(\NC[C]1[CH][CH][CH][CH]1)SC.[CH]1[CH][CH][CH][CH]1.[Fe+2]. The van der Waals surface area contributed by atoms with Gasteiger partial charge in [0, 0.05) is 19.1 Å². The number of thioether (sulfide) groups is 1. The van der Waals surface area contributed by atoms with Gasteiger partial charge in [0.1, 0.15) is 12.7 Å². The quantitative estimate of drug-likeness (QED) is 0.200. The van der Waals surface area contributed by atoms with E-state index in [-0.39, 0.29) is 29.2 Å². The van der Waals surface area contributed by atoms with Gasteiger partial charge in [0.2, 0.25) is 0 Å². The average Bonchev–Trinajstić information content (AvgIpc) is 3.38. The first-order valence-corrected chi connectivity index (χ1v) is 9.49. The first-order chi connectivity index (χ1) is 12.7. The van der Waals surface area contributed by atoms with Crippen molar-refractivity contribution in [3.63, 3.8) is 0 Å². The first kappa shape index (κ1) is 26.3. The van der Waals surface area contributed by atoms with Gasteiger partial charge in [-0.15, -0.1) is 11.8 Å². The zero-order chi connectivity index (χ0) is 19.0. The van der Waals surface area contributed by atoms with Crippen molar-refractivity contribution in [2.75, 3.05) is 32.6 Å². The monoisotopic (exact) mass is 428 g/mol. The fourth-order valence-electron chi connectivity index (χ4n) is 1.90. The Bertz CT molecular complexity index is 463. The molecule has 2 rings (SSSR count). The average molecular weight is 428 g/mol. The van der Waals surface area contributed by atoms with E-state index < -0.39 is 5.97 Å². The van der Waals surface area contributed by atoms with Crippen LogP contribution in [0.25, 0.3) is 0 Å². The van der Waals surface area contributed by atoms with Crippen LogP contribution in [0, 0.1) is 75.0 Å². The molecule has 0 spiro atoms. The maximum atomic E-state index is 11.9. The van der Waals surface area contributed by atoms with Gasteiger partial charge in [0.15, 0.2) is 5.57 Å². The topological polar surface area (TPSA) is 71.3 Å². The third kappa shape index (κ3) is 11.7. The molecule has 0 heterocycles. The Morgan fingerprint density at radius 3 is 2.19 bits per heavy atom. The van der Waals surface area contributed by atoms with E-state index in [4.69, 9.17) is 14.7 Å². The van der Waals surface area contributed by atoms with Crippen molar-refractivity contribution < 1.29 is 31.3 Å². The van der Waals surface area contributed by atoms with Crippen LogP contribution in [-0.4, -0.2) is 38.6 Å². The summed E-state index contributed by atoms with van der Waals surface area (Å²) in [6, 6.07) is 1.90. The molecule has 0 aliphatic heterocycles. The van der Waals surface area contributed by atoms with E-state index in [2.05, 4.69) is 5.32 Å². The van der Waals surface area contributed by atoms with Crippen molar-refractivity contribution in [3.05, 3.63) is 74.3 Å². The van der Waals surface area contributed by atoms with Crippen molar-refractivity contribution in [2.45, 2.75) is 6.92 Å². The number of carbonyl (C=O) groups excluding carboxylic acids is 1. The fourth-order valence-corrected chi connectivity index (χ4v) is 2.45. The first-order valence-electron chi connectivity index (χ1n) is 8.27. The molecule has 27 heavy (non-hydrogen) atoms. The number of hydrogen-bond donors (Lipinski definition) is 1. The smallest absolute Gasteiger partial charge is 0.459 e. The van der Waals surface area contributed by atoms with Gasteiger partial charge in [-0.05, 0) is 71.0 Å². The Morgan fingerprint density at radius 1 is 1.11 bits per heavy atom. The van der Waals surface area contributed by atoms with Gasteiger partial charge in [-0.25, -0.2) is 4.79 Å². The number of ether oxygens (including phenoxy) is 2. The third-order valence-electron chi connectivity index (χ3n) is 3.15. The zero-order valence-electron chi connectivity index (χ0n) is 15.5. The predicted molar refractivity (Wildman–Crippen MR) is 104 cm³/mol. The second kappa shape index (κ2) is 17.4. The van der Waals surface area contributed by atoms with Gasteiger partial charge >= 0.3 is 23.0 Å². The molecule has 0 atom stereocenters. The summed E-state index contributed by atoms with van der Waals surface area (Å²) in [5, 5.41) is 12.8. The minimum absolute atomic E-state index is 0. The second-order valence-electron chi connectivity index (χ2n) is 4.96.